The molecule has 0 spiro atoms. The molecule has 1 unspecified atom stereocenters. The first-order chi connectivity index (χ1) is 15.0. The van der Waals surface area contributed by atoms with Crippen molar-refractivity contribution in [3.63, 3.8) is 0 Å². The highest BCUT2D eigenvalue weighted by atomic mass is 32.2. The van der Waals surface area contributed by atoms with E-state index in [-0.39, 0.29) is 18.0 Å². The van der Waals surface area contributed by atoms with Crippen molar-refractivity contribution in [2.24, 2.45) is 0 Å². The summed E-state index contributed by atoms with van der Waals surface area (Å²) in [6.45, 7) is 0.169. The predicted octanol–water partition coefficient (Wildman–Crippen LogP) is 3.73. The number of nitrogens with one attached hydrogen (secondary N) is 1. The maximum absolute atomic E-state index is 12.5. The average molecular weight is 438 g/mol. The number of rotatable bonds is 8. The third-order valence-corrected chi connectivity index (χ3v) is 5.87. The van der Waals surface area contributed by atoms with Crippen LogP contribution in [0.4, 0.5) is 5.69 Å². The lowest BCUT2D eigenvalue weighted by atomic mass is 10.2. The van der Waals surface area contributed by atoms with Gasteiger partial charge in [0.2, 0.25) is 0 Å². The van der Waals surface area contributed by atoms with E-state index in [1.54, 1.807) is 25.4 Å². The smallest absolute Gasteiger partial charge is 0.269 e. The van der Waals surface area contributed by atoms with E-state index in [1.165, 1.54) is 24.3 Å². The van der Waals surface area contributed by atoms with Gasteiger partial charge in [-0.15, -0.1) is 0 Å². The van der Waals surface area contributed by atoms with Gasteiger partial charge in [0.1, 0.15) is 29.7 Å². The van der Waals surface area contributed by atoms with Gasteiger partial charge in [-0.25, -0.2) is 9.97 Å². The molecule has 9 nitrogen and oxygen atoms in total. The first-order valence-electron chi connectivity index (χ1n) is 9.30. The zero-order valence-electron chi connectivity index (χ0n) is 16.5. The van der Waals surface area contributed by atoms with Crippen LogP contribution in [0.2, 0.25) is 0 Å². The Morgan fingerprint density at radius 1 is 1.16 bits per heavy atom. The van der Waals surface area contributed by atoms with Crippen molar-refractivity contribution in [3.05, 3.63) is 70.9 Å². The van der Waals surface area contributed by atoms with Crippen molar-refractivity contribution in [1.29, 1.82) is 0 Å². The lowest BCUT2D eigenvalue weighted by Gasteiger charge is -2.14. The van der Waals surface area contributed by atoms with E-state index in [2.05, 4.69) is 15.0 Å². The molecule has 2 aromatic carbocycles. The van der Waals surface area contributed by atoms with Crippen LogP contribution in [0.5, 0.6) is 11.5 Å². The highest BCUT2D eigenvalue weighted by molar-refractivity contribution is 7.91. The number of pyridine rings is 1. The van der Waals surface area contributed by atoms with Crippen LogP contribution in [-0.4, -0.2) is 43.9 Å². The normalized spacial score (nSPS) is 11.9. The first kappa shape index (κ1) is 20.6. The molecule has 10 heteroatoms. The molecule has 0 bridgehead atoms. The van der Waals surface area contributed by atoms with E-state index in [0.29, 0.717) is 27.9 Å². The minimum Gasteiger partial charge on any atom is -0.611 e. The van der Waals surface area contributed by atoms with Crippen LogP contribution in [0, 0.1) is 10.1 Å². The molecule has 0 saturated heterocycles. The Bertz CT molecular complexity index is 1180. The van der Waals surface area contributed by atoms with Crippen LogP contribution in [0.25, 0.3) is 22.6 Å². The summed E-state index contributed by atoms with van der Waals surface area (Å²) in [4.78, 5) is 22.7. The molecular weight excluding hydrogens is 420 g/mol. The van der Waals surface area contributed by atoms with Gasteiger partial charge in [-0.05, 0) is 47.6 Å². The number of aromatic nitrogens is 3. The van der Waals surface area contributed by atoms with Crippen LogP contribution in [0.15, 0.2) is 65.7 Å². The zero-order valence-corrected chi connectivity index (χ0v) is 17.3. The van der Waals surface area contributed by atoms with Gasteiger partial charge in [0, 0.05) is 24.4 Å². The highest BCUT2D eigenvalue weighted by Crippen LogP contribution is 2.33. The molecule has 0 radical (unpaired) electrons. The molecule has 0 fully saturated rings. The summed E-state index contributed by atoms with van der Waals surface area (Å²) in [6, 6.07) is 14.7. The van der Waals surface area contributed by atoms with E-state index in [0.717, 1.165) is 11.1 Å². The number of hydrogen-bond acceptors (Lipinski definition) is 7. The van der Waals surface area contributed by atoms with Gasteiger partial charge in [0.05, 0.1) is 23.1 Å². The number of aromatic amines is 1. The number of H-pyrrole nitrogens is 1. The van der Waals surface area contributed by atoms with E-state index < -0.39 is 16.1 Å². The lowest BCUT2D eigenvalue weighted by Crippen LogP contribution is -2.14. The molecule has 4 rings (SSSR count). The Morgan fingerprint density at radius 3 is 2.68 bits per heavy atom. The third-order valence-electron chi connectivity index (χ3n) is 4.54. The lowest BCUT2D eigenvalue weighted by molar-refractivity contribution is -0.384. The topological polar surface area (TPSA) is 126 Å². The second-order valence-electron chi connectivity index (χ2n) is 6.47. The maximum atomic E-state index is 12.5. The fourth-order valence-electron chi connectivity index (χ4n) is 2.98. The van der Waals surface area contributed by atoms with Crippen LogP contribution >= 0.6 is 0 Å². The monoisotopic (exact) mass is 438 g/mol. The SMILES string of the molecule is COc1ccc(-c2nc3ncccc3[nH]2)c(OCC[S+]([O-])c2ccc([N+](=O)[O-])cc2)c1. The number of nitro benzene ring substituents is 1. The predicted molar refractivity (Wildman–Crippen MR) is 116 cm³/mol. The number of benzene rings is 2. The largest absolute Gasteiger partial charge is 0.611 e. The van der Waals surface area contributed by atoms with Gasteiger partial charge >= 0.3 is 0 Å². The Balaban J connectivity index is 1.50. The van der Waals surface area contributed by atoms with Gasteiger partial charge in [-0.2, -0.15) is 0 Å². The van der Waals surface area contributed by atoms with E-state index in [1.807, 2.05) is 18.2 Å². The molecule has 0 saturated carbocycles. The summed E-state index contributed by atoms with van der Waals surface area (Å²) in [7, 11) is 1.56. The molecule has 0 amide bonds. The summed E-state index contributed by atoms with van der Waals surface area (Å²) in [5, 5.41) is 10.8. The van der Waals surface area contributed by atoms with Crippen molar-refractivity contribution in [2.45, 2.75) is 4.90 Å². The van der Waals surface area contributed by atoms with Crippen molar-refractivity contribution in [1.82, 2.24) is 15.0 Å². The molecule has 4 aromatic rings. The van der Waals surface area contributed by atoms with Crippen molar-refractivity contribution in [2.75, 3.05) is 19.5 Å². The number of nitrogens with zero attached hydrogens (tertiary/aromatic N) is 3. The minimum atomic E-state index is -1.36. The Labute approximate surface area is 180 Å². The number of methoxy groups -OCH3 is 1. The number of nitro groups is 1. The number of ether oxygens (including phenoxy) is 2. The maximum Gasteiger partial charge on any atom is 0.269 e. The molecule has 2 heterocycles. The average Bonchev–Trinajstić information content (AvgIpc) is 3.23. The molecular formula is C21H18N4O5S. The minimum absolute atomic E-state index is 0.0432. The second-order valence-corrected chi connectivity index (χ2v) is 8.04. The zero-order chi connectivity index (χ0) is 21.8. The number of non-ortho nitro benzene ring substituents is 1. The molecule has 0 aliphatic carbocycles. The Hall–Kier alpha value is -3.63. The van der Waals surface area contributed by atoms with Crippen molar-refractivity contribution < 1.29 is 18.9 Å². The quantitative estimate of drug-likeness (QED) is 0.252. The van der Waals surface area contributed by atoms with Crippen LogP contribution in [0.1, 0.15) is 0 Å². The number of fused-ring (bicyclic) bond motifs is 1. The van der Waals surface area contributed by atoms with Crippen LogP contribution in [0.3, 0.4) is 0 Å². The molecule has 0 aliphatic heterocycles. The van der Waals surface area contributed by atoms with Crippen LogP contribution in [-0.2, 0) is 11.2 Å². The van der Waals surface area contributed by atoms with Crippen molar-refractivity contribution in [3.8, 4) is 22.9 Å². The molecule has 2 aromatic heterocycles. The van der Waals surface area contributed by atoms with E-state index in [4.69, 9.17) is 9.47 Å². The number of hydrogen-bond donors (Lipinski definition) is 1. The molecule has 0 aliphatic rings. The van der Waals surface area contributed by atoms with Gasteiger partial charge in [-0.1, -0.05) is 0 Å². The molecule has 1 N–H and O–H groups in total. The van der Waals surface area contributed by atoms with E-state index >= 15 is 0 Å². The Kier molecular flexibility index (Phi) is 6.01. The van der Waals surface area contributed by atoms with Crippen LogP contribution < -0.4 is 9.47 Å². The summed E-state index contributed by atoms with van der Waals surface area (Å²) in [6.07, 6.45) is 1.67. The van der Waals surface area contributed by atoms with Gasteiger partial charge in [0.15, 0.2) is 10.5 Å². The molecule has 31 heavy (non-hydrogen) atoms. The van der Waals surface area contributed by atoms with Gasteiger partial charge in [0.25, 0.3) is 5.69 Å². The second kappa shape index (κ2) is 9.02. The Morgan fingerprint density at radius 2 is 1.97 bits per heavy atom. The summed E-state index contributed by atoms with van der Waals surface area (Å²) in [5.41, 5.74) is 2.08. The summed E-state index contributed by atoms with van der Waals surface area (Å²) < 4.78 is 23.7. The molecule has 158 valence electrons. The fourth-order valence-corrected chi connectivity index (χ4v) is 3.89. The third kappa shape index (κ3) is 4.60. The first-order valence-corrected chi connectivity index (χ1v) is 10.6. The summed E-state index contributed by atoms with van der Waals surface area (Å²) in [5.74, 6) is 1.96. The fraction of sp³-hybridized carbons (Fsp3) is 0.143. The van der Waals surface area contributed by atoms with Crippen molar-refractivity contribution >= 4 is 28.0 Å². The van der Waals surface area contributed by atoms with Gasteiger partial charge in [-0.3, -0.25) is 10.1 Å². The standard InChI is InChI=1S/C21H18N4O5S/c1-29-15-6-9-17(20-23-18-3-2-10-22-21(18)24-20)19(13-15)30-11-12-31(28)16-7-4-14(5-8-16)25(26)27/h2-10,13H,11-12H2,1H3,(H,22,23,24). The van der Waals surface area contributed by atoms with Gasteiger partial charge < -0.3 is 19.0 Å². The highest BCUT2D eigenvalue weighted by Gasteiger charge is 2.16. The summed E-state index contributed by atoms with van der Waals surface area (Å²) >= 11 is -1.36. The molecule has 1 atom stereocenters. The number of imidazole rings is 1. The van der Waals surface area contributed by atoms with E-state index in [9.17, 15) is 14.7 Å².